The number of halogens is 1. The summed E-state index contributed by atoms with van der Waals surface area (Å²) in [6.45, 7) is 0. The zero-order valence-corrected chi connectivity index (χ0v) is 8.42. The molecule has 0 aliphatic rings. The summed E-state index contributed by atoms with van der Waals surface area (Å²) >= 11 is 4.68. The van der Waals surface area contributed by atoms with Gasteiger partial charge in [0.1, 0.15) is 11.3 Å². The van der Waals surface area contributed by atoms with Crippen LogP contribution in [0.2, 0.25) is 0 Å². The van der Waals surface area contributed by atoms with Gasteiger partial charge in [-0.25, -0.2) is 4.98 Å². The molecule has 0 spiro atoms. The predicted octanol–water partition coefficient (Wildman–Crippen LogP) is 1.62. The molecule has 0 fully saturated rings. The van der Waals surface area contributed by atoms with E-state index in [1.165, 1.54) is 11.5 Å². The molecule has 0 atom stereocenters. The molecule has 0 radical (unpaired) electrons. The maximum atomic E-state index is 4.16. The van der Waals surface area contributed by atoms with Crippen molar-refractivity contribution in [3.05, 3.63) is 24.4 Å². The average molecular weight is 245 g/mol. The number of hydrogen-bond donors (Lipinski definition) is 0. The van der Waals surface area contributed by atoms with Gasteiger partial charge in [-0.15, -0.1) is 5.10 Å². The van der Waals surface area contributed by atoms with Crippen LogP contribution in [-0.4, -0.2) is 19.1 Å². The Hall–Kier alpha value is -0.750. The minimum absolute atomic E-state index is 0.770. The molecule has 0 aliphatic heterocycles. The largest absolute Gasteiger partial charge is 0.295 e. The number of imidazole rings is 1. The third kappa shape index (κ3) is 1.39. The average Bonchev–Trinajstić information content (AvgIpc) is 2.75. The molecular formula is C6H5BrN4S. The summed E-state index contributed by atoms with van der Waals surface area (Å²) in [7, 11) is 0. The summed E-state index contributed by atoms with van der Waals surface area (Å²) in [5.74, 6) is 0. The lowest BCUT2D eigenvalue weighted by Crippen LogP contribution is -1.83. The topological polar surface area (TPSA) is 43.6 Å². The normalized spacial score (nSPS) is 10.4. The fourth-order valence-corrected chi connectivity index (χ4v) is 1.58. The van der Waals surface area contributed by atoms with Crippen molar-refractivity contribution in [2.24, 2.45) is 0 Å². The summed E-state index contributed by atoms with van der Waals surface area (Å²) in [5, 5.41) is 5.49. The number of aromatic nitrogens is 4. The number of alkyl halides is 1. The van der Waals surface area contributed by atoms with Crippen molar-refractivity contribution < 1.29 is 0 Å². The monoisotopic (exact) mass is 244 g/mol. The van der Waals surface area contributed by atoms with Crippen LogP contribution in [0.25, 0.3) is 5.00 Å². The zero-order valence-electron chi connectivity index (χ0n) is 6.01. The van der Waals surface area contributed by atoms with Gasteiger partial charge in [0.25, 0.3) is 0 Å². The van der Waals surface area contributed by atoms with Gasteiger partial charge in [0.05, 0.1) is 11.9 Å². The summed E-state index contributed by atoms with van der Waals surface area (Å²) in [4.78, 5) is 4.16. The Labute approximate surface area is 81.5 Å². The maximum Gasteiger partial charge on any atom is 0.141 e. The Bertz CT molecular complexity index is 355. The van der Waals surface area contributed by atoms with Gasteiger partial charge >= 0.3 is 0 Å². The van der Waals surface area contributed by atoms with Crippen LogP contribution in [0, 0.1) is 0 Å². The molecule has 0 aliphatic carbocycles. The predicted molar refractivity (Wildman–Crippen MR) is 49.7 cm³/mol. The Morgan fingerprint density at radius 3 is 3.08 bits per heavy atom. The van der Waals surface area contributed by atoms with Gasteiger partial charge in [0.15, 0.2) is 0 Å². The first-order valence-corrected chi connectivity index (χ1v) is 5.16. The van der Waals surface area contributed by atoms with E-state index in [0.29, 0.717) is 0 Å². The van der Waals surface area contributed by atoms with Gasteiger partial charge in [-0.2, -0.15) is 0 Å². The Morgan fingerprint density at radius 1 is 1.58 bits per heavy atom. The molecule has 0 bridgehead atoms. The third-order valence-corrected chi connectivity index (χ3v) is 2.63. The molecule has 0 aromatic carbocycles. The highest BCUT2D eigenvalue weighted by molar-refractivity contribution is 9.08. The Balaban J connectivity index is 2.35. The molecule has 0 saturated heterocycles. The van der Waals surface area contributed by atoms with Crippen molar-refractivity contribution in [1.29, 1.82) is 0 Å². The van der Waals surface area contributed by atoms with Crippen molar-refractivity contribution in [2.75, 3.05) is 0 Å². The molecule has 0 unspecified atom stereocenters. The van der Waals surface area contributed by atoms with E-state index in [0.717, 1.165) is 16.0 Å². The second kappa shape index (κ2) is 3.32. The van der Waals surface area contributed by atoms with E-state index in [-0.39, 0.29) is 0 Å². The van der Waals surface area contributed by atoms with E-state index in [1.54, 1.807) is 12.5 Å². The van der Waals surface area contributed by atoms with Gasteiger partial charge in [-0.1, -0.05) is 20.4 Å². The fraction of sp³-hybridized carbons (Fsp3) is 0.167. The zero-order chi connectivity index (χ0) is 8.39. The molecule has 2 aromatic heterocycles. The first kappa shape index (κ1) is 7.88. The summed E-state index contributed by atoms with van der Waals surface area (Å²) in [5.41, 5.74) is 1.00. The SMILES string of the molecule is BrCc1cn(-c2cnns2)cn1. The summed E-state index contributed by atoms with van der Waals surface area (Å²) in [6, 6.07) is 0. The highest BCUT2D eigenvalue weighted by atomic mass is 79.9. The molecule has 62 valence electrons. The molecule has 4 nitrogen and oxygen atoms in total. The molecule has 2 heterocycles. The van der Waals surface area contributed by atoms with Crippen LogP contribution >= 0.6 is 27.5 Å². The summed E-state index contributed by atoms with van der Waals surface area (Å²) in [6.07, 6.45) is 5.42. The minimum atomic E-state index is 0.770. The standard InChI is InChI=1S/C6H5BrN4S/c7-1-5-3-11(4-8-5)6-2-9-10-12-6/h2-4H,1H2. The van der Waals surface area contributed by atoms with Crippen LogP contribution in [0.5, 0.6) is 0 Å². The van der Waals surface area contributed by atoms with E-state index < -0.39 is 0 Å². The van der Waals surface area contributed by atoms with Crippen molar-refractivity contribution in [1.82, 2.24) is 19.1 Å². The van der Waals surface area contributed by atoms with Crippen molar-refractivity contribution in [3.8, 4) is 5.00 Å². The molecule has 0 amide bonds. The molecule has 6 heteroatoms. The molecule has 12 heavy (non-hydrogen) atoms. The minimum Gasteiger partial charge on any atom is -0.295 e. The first-order chi connectivity index (χ1) is 5.90. The molecule has 2 rings (SSSR count). The second-order valence-corrected chi connectivity index (χ2v) is 3.49. The van der Waals surface area contributed by atoms with Crippen molar-refractivity contribution in [2.45, 2.75) is 5.33 Å². The van der Waals surface area contributed by atoms with Gasteiger partial charge in [0.2, 0.25) is 0 Å². The van der Waals surface area contributed by atoms with Crippen LogP contribution in [0.1, 0.15) is 5.69 Å². The molecule has 2 aromatic rings. The highest BCUT2D eigenvalue weighted by Crippen LogP contribution is 2.11. The molecule has 0 saturated carbocycles. The smallest absolute Gasteiger partial charge is 0.141 e. The van der Waals surface area contributed by atoms with E-state index in [4.69, 9.17) is 0 Å². The van der Waals surface area contributed by atoms with Crippen LogP contribution in [-0.2, 0) is 5.33 Å². The van der Waals surface area contributed by atoms with Crippen molar-refractivity contribution in [3.63, 3.8) is 0 Å². The lowest BCUT2D eigenvalue weighted by atomic mass is 10.6. The van der Waals surface area contributed by atoms with Crippen molar-refractivity contribution >= 4 is 27.5 Å². The number of rotatable bonds is 2. The maximum absolute atomic E-state index is 4.16. The van der Waals surface area contributed by atoms with E-state index in [9.17, 15) is 0 Å². The van der Waals surface area contributed by atoms with Gasteiger partial charge < -0.3 is 0 Å². The Morgan fingerprint density at radius 2 is 2.50 bits per heavy atom. The lowest BCUT2D eigenvalue weighted by molar-refractivity contribution is 1.07. The fourth-order valence-electron chi connectivity index (χ4n) is 0.829. The van der Waals surface area contributed by atoms with Crippen LogP contribution in [0.4, 0.5) is 0 Å². The lowest BCUT2D eigenvalue weighted by Gasteiger charge is -1.90. The van der Waals surface area contributed by atoms with E-state index >= 15 is 0 Å². The molecule has 0 N–H and O–H groups in total. The van der Waals surface area contributed by atoms with E-state index in [1.807, 2.05) is 10.8 Å². The second-order valence-electron chi connectivity index (χ2n) is 2.16. The molecular weight excluding hydrogens is 240 g/mol. The van der Waals surface area contributed by atoms with Gasteiger partial charge in [-0.3, -0.25) is 4.57 Å². The number of hydrogen-bond acceptors (Lipinski definition) is 4. The van der Waals surface area contributed by atoms with E-state index in [2.05, 4.69) is 30.5 Å². The third-order valence-electron chi connectivity index (χ3n) is 1.38. The quantitative estimate of drug-likeness (QED) is 0.755. The van der Waals surface area contributed by atoms with Gasteiger partial charge in [0, 0.05) is 23.1 Å². The van der Waals surface area contributed by atoms with Crippen LogP contribution in [0.15, 0.2) is 18.7 Å². The first-order valence-electron chi connectivity index (χ1n) is 3.26. The number of nitrogens with zero attached hydrogens (tertiary/aromatic N) is 4. The van der Waals surface area contributed by atoms with Crippen LogP contribution < -0.4 is 0 Å². The summed E-state index contributed by atoms with van der Waals surface area (Å²) < 4.78 is 5.67. The van der Waals surface area contributed by atoms with Crippen LogP contribution in [0.3, 0.4) is 0 Å². The Kier molecular flexibility index (Phi) is 2.18. The van der Waals surface area contributed by atoms with Gasteiger partial charge in [-0.05, 0) is 0 Å². The highest BCUT2D eigenvalue weighted by Gasteiger charge is 2.00.